The summed E-state index contributed by atoms with van der Waals surface area (Å²) in [6, 6.07) is 3.70. The topological polar surface area (TPSA) is 128 Å². The molecule has 2 N–H and O–H groups in total. The van der Waals surface area contributed by atoms with Gasteiger partial charge in [0.25, 0.3) is 0 Å². The Labute approximate surface area is 228 Å². The van der Waals surface area contributed by atoms with Gasteiger partial charge in [0.15, 0.2) is 5.67 Å². The molecular formula is C26H35FN8O3S. The molecule has 3 aromatic heterocycles. The van der Waals surface area contributed by atoms with Crippen LogP contribution in [0.25, 0.3) is 10.8 Å². The zero-order valence-corrected chi connectivity index (χ0v) is 23.5. The molecule has 0 amide bonds. The Morgan fingerprint density at radius 3 is 2.46 bits per heavy atom. The number of sulfonamides is 1. The van der Waals surface area contributed by atoms with Crippen molar-refractivity contribution >= 4 is 44.2 Å². The van der Waals surface area contributed by atoms with E-state index in [2.05, 4.69) is 39.0 Å². The van der Waals surface area contributed by atoms with Gasteiger partial charge >= 0.3 is 0 Å². The van der Waals surface area contributed by atoms with Crippen LogP contribution in [0.1, 0.15) is 38.7 Å². The minimum absolute atomic E-state index is 0.0117. The van der Waals surface area contributed by atoms with E-state index in [4.69, 9.17) is 4.98 Å². The SMILES string of the molecule is CC(C)c1cnc(N2CCN(S(C)(=O)=O)CC2)c2cnc(Nc3ccnc(N4CC[C@@H](O)[C@@](C)(F)C4)n3)cc12. The highest BCUT2D eigenvalue weighted by molar-refractivity contribution is 7.88. The van der Waals surface area contributed by atoms with Gasteiger partial charge in [0.05, 0.1) is 18.9 Å². The summed E-state index contributed by atoms with van der Waals surface area (Å²) in [6.45, 7) is 8.01. The van der Waals surface area contributed by atoms with Crippen LogP contribution in [-0.4, -0.2) is 95.1 Å². The molecule has 0 aliphatic carbocycles. The third kappa shape index (κ3) is 5.75. The molecule has 2 aliphatic rings. The first kappa shape index (κ1) is 27.4. The number of aliphatic hydroxyl groups is 1. The van der Waals surface area contributed by atoms with E-state index in [-0.39, 0.29) is 12.5 Å². The smallest absolute Gasteiger partial charge is 0.227 e. The summed E-state index contributed by atoms with van der Waals surface area (Å²) in [5, 5.41) is 15.1. The van der Waals surface area contributed by atoms with Crippen molar-refractivity contribution in [1.29, 1.82) is 0 Å². The van der Waals surface area contributed by atoms with Crippen LogP contribution in [0.5, 0.6) is 0 Å². The van der Waals surface area contributed by atoms with Crippen LogP contribution in [-0.2, 0) is 10.0 Å². The van der Waals surface area contributed by atoms with Crippen LogP contribution in [0.15, 0.2) is 30.7 Å². The number of piperazine rings is 1. The van der Waals surface area contributed by atoms with Gasteiger partial charge in [-0.2, -0.15) is 9.29 Å². The molecule has 2 aliphatic heterocycles. The maximum Gasteiger partial charge on any atom is 0.227 e. The number of nitrogens with zero attached hydrogens (tertiary/aromatic N) is 7. The van der Waals surface area contributed by atoms with Gasteiger partial charge in [-0.05, 0) is 42.3 Å². The van der Waals surface area contributed by atoms with E-state index < -0.39 is 21.8 Å². The number of hydrogen-bond acceptors (Lipinski definition) is 10. The Morgan fingerprint density at radius 1 is 1.05 bits per heavy atom. The van der Waals surface area contributed by atoms with Crippen LogP contribution < -0.4 is 15.1 Å². The van der Waals surface area contributed by atoms with Gasteiger partial charge in [-0.3, -0.25) is 0 Å². The first-order valence-electron chi connectivity index (χ1n) is 13.1. The van der Waals surface area contributed by atoms with E-state index in [1.807, 2.05) is 12.3 Å². The molecule has 0 saturated carbocycles. The molecule has 13 heteroatoms. The predicted molar refractivity (Wildman–Crippen MR) is 150 cm³/mol. The standard InChI is InChI=1S/C26H35FN8O3S/c1-17(2)19-14-30-24(33-9-11-35(12-10-33)39(4,37)38)20-15-29-23(13-18(19)20)31-22-5-7-28-25(32-22)34-8-6-21(36)26(3,27)16-34/h5,7,13-15,17,21,36H,6,8-12,16H2,1-4H3,(H,28,29,31,32)/t21-,26+/m1/s1. The van der Waals surface area contributed by atoms with Gasteiger partial charge in [0.2, 0.25) is 16.0 Å². The maximum absolute atomic E-state index is 14.7. The monoisotopic (exact) mass is 558 g/mol. The lowest BCUT2D eigenvalue weighted by atomic mass is 9.94. The van der Waals surface area contributed by atoms with Gasteiger partial charge in [-0.15, -0.1) is 0 Å². The molecule has 2 fully saturated rings. The highest BCUT2D eigenvalue weighted by Crippen LogP contribution is 2.33. The lowest BCUT2D eigenvalue weighted by Gasteiger charge is -2.38. The molecule has 39 heavy (non-hydrogen) atoms. The predicted octanol–water partition coefficient (Wildman–Crippen LogP) is 2.67. The van der Waals surface area contributed by atoms with Crippen LogP contribution in [0.2, 0.25) is 0 Å². The zero-order chi connectivity index (χ0) is 27.9. The molecule has 3 aromatic rings. The van der Waals surface area contributed by atoms with Crippen molar-refractivity contribution in [3.63, 3.8) is 0 Å². The summed E-state index contributed by atoms with van der Waals surface area (Å²) >= 11 is 0. The number of nitrogens with one attached hydrogen (secondary N) is 1. The fourth-order valence-electron chi connectivity index (χ4n) is 5.16. The fourth-order valence-corrected chi connectivity index (χ4v) is 5.99. The van der Waals surface area contributed by atoms with E-state index in [1.54, 1.807) is 23.4 Å². The van der Waals surface area contributed by atoms with E-state index >= 15 is 0 Å². The molecule has 0 aromatic carbocycles. The minimum Gasteiger partial charge on any atom is -0.390 e. The summed E-state index contributed by atoms with van der Waals surface area (Å²) in [4.78, 5) is 22.1. The number of anilines is 4. The lowest BCUT2D eigenvalue weighted by molar-refractivity contribution is -0.00860. The molecule has 5 heterocycles. The number of fused-ring (bicyclic) bond motifs is 1. The fraction of sp³-hybridized carbons (Fsp3) is 0.538. The average molecular weight is 559 g/mol. The second kappa shape index (κ2) is 10.4. The normalized spacial score (nSPS) is 23.0. The molecule has 5 rings (SSSR count). The molecule has 0 spiro atoms. The Bertz CT molecular complexity index is 1460. The van der Waals surface area contributed by atoms with Crippen LogP contribution in [0.3, 0.4) is 0 Å². The third-order valence-corrected chi connectivity index (χ3v) is 8.76. The number of pyridine rings is 2. The summed E-state index contributed by atoms with van der Waals surface area (Å²) in [5.74, 6) is 2.52. The Hall–Kier alpha value is -3.16. The van der Waals surface area contributed by atoms with Gasteiger partial charge in [0, 0.05) is 56.7 Å². The number of piperidine rings is 1. The largest absolute Gasteiger partial charge is 0.390 e. The van der Waals surface area contributed by atoms with Crippen LogP contribution in [0.4, 0.5) is 27.8 Å². The summed E-state index contributed by atoms with van der Waals surface area (Å²) in [6.07, 6.45) is 5.83. The van der Waals surface area contributed by atoms with Crippen molar-refractivity contribution in [3.05, 3.63) is 36.3 Å². The zero-order valence-electron chi connectivity index (χ0n) is 22.7. The van der Waals surface area contributed by atoms with Crippen molar-refractivity contribution in [2.45, 2.75) is 44.9 Å². The number of aromatic nitrogens is 4. The van der Waals surface area contributed by atoms with Crippen molar-refractivity contribution in [3.8, 4) is 0 Å². The van der Waals surface area contributed by atoms with E-state index in [0.29, 0.717) is 56.7 Å². The molecule has 2 atom stereocenters. The van der Waals surface area contributed by atoms with Gasteiger partial charge in [-0.1, -0.05) is 13.8 Å². The van der Waals surface area contributed by atoms with Gasteiger partial charge in [0.1, 0.15) is 17.5 Å². The molecule has 210 valence electrons. The molecule has 0 bridgehead atoms. The van der Waals surface area contributed by atoms with Crippen molar-refractivity contribution < 1.29 is 17.9 Å². The first-order valence-corrected chi connectivity index (χ1v) is 15.0. The second-order valence-corrected chi connectivity index (χ2v) is 12.8. The van der Waals surface area contributed by atoms with E-state index in [1.165, 1.54) is 17.5 Å². The number of rotatable bonds is 6. The maximum atomic E-state index is 14.7. The summed E-state index contributed by atoms with van der Waals surface area (Å²) in [5.41, 5.74) is -0.659. The summed E-state index contributed by atoms with van der Waals surface area (Å²) in [7, 11) is -3.22. The summed E-state index contributed by atoms with van der Waals surface area (Å²) < 4.78 is 40.1. The van der Waals surface area contributed by atoms with E-state index in [9.17, 15) is 17.9 Å². The number of halogens is 1. The molecule has 0 radical (unpaired) electrons. The van der Waals surface area contributed by atoms with E-state index in [0.717, 1.165) is 22.2 Å². The molecular weight excluding hydrogens is 523 g/mol. The average Bonchev–Trinajstić information content (AvgIpc) is 2.89. The van der Waals surface area contributed by atoms with Gasteiger partial charge in [-0.25, -0.2) is 27.8 Å². The quantitative estimate of drug-likeness (QED) is 0.466. The third-order valence-electron chi connectivity index (χ3n) is 7.46. The van der Waals surface area contributed by atoms with Gasteiger partial charge < -0.3 is 20.2 Å². The molecule has 0 unspecified atom stereocenters. The second-order valence-electron chi connectivity index (χ2n) is 10.8. The highest BCUT2D eigenvalue weighted by atomic mass is 32.2. The Morgan fingerprint density at radius 2 is 1.79 bits per heavy atom. The first-order chi connectivity index (χ1) is 18.4. The minimum atomic E-state index is -3.22. The number of aliphatic hydroxyl groups excluding tert-OH is 1. The van der Waals surface area contributed by atoms with Crippen molar-refractivity contribution in [2.75, 3.05) is 60.6 Å². The van der Waals surface area contributed by atoms with Crippen molar-refractivity contribution in [2.24, 2.45) is 0 Å². The Kier molecular flexibility index (Phi) is 7.33. The number of alkyl halides is 1. The lowest BCUT2D eigenvalue weighted by Crippen LogP contribution is -2.52. The van der Waals surface area contributed by atoms with Crippen molar-refractivity contribution in [1.82, 2.24) is 24.2 Å². The Balaban J connectivity index is 1.41. The molecule has 2 saturated heterocycles. The van der Waals surface area contributed by atoms with Crippen LogP contribution in [0, 0.1) is 0 Å². The number of hydrogen-bond donors (Lipinski definition) is 2. The highest BCUT2D eigenvalue weighted by Gasteiger charge is 2.39. The molecule has 11 nitrogen and oxygen atoms in total. The van der Waals surface area contributed by atoms with Crippen LogP contribution >= 0.6 is 0 Å².